The Kier molecular flexibility index (Phi) is 3.68. The lowest BCUT2D eigenvalue weighted by Gasteiger charge is -2.15. The third kappa shape index (κ3) is 2.84. The van der Waals surface area contributed by atoms with E-state index < -0.39 is 38.1 Å². The molecule has 0 aliphatic rings. The fourth-order valence-corrected chi connectivity index (χ4v) is 2.54. The van der Waals surface area contributed by atoms with Gasteiger partial charge in [-0.3, -0.25) is 4.79 Å². The summed E-state index contributed by atoms with van der Waals surface area (Å²) in [4.78, 5) is 12.3. The molecule has 0 aliphatic carbocycles. The van der Waals surface area contributed by atoms with Gasteiger partial charge in [0.05, 0.1) is 14.5 Å². The molecule has 0 amide bonds. The molecule has 1 heterocycles. The molecule has 0 radical (unpaired) electrons. The van der Waals surface area contributed by atoms with Crippen LogP contribution in [0.3, 0.4) is 0 Å². The van der Waals surface area contributed by atoms with E-state index in [1.165, 1.54) is 4.98 Å². The fourth-order valence-electron chi connectivity index (χ4n) is 1.00. The van der Waals surface area contributed by atoms with E-state index in [9.17, 15) is 31.1 Å². The third-order valence-corrected chi connectivity index (χ3v) is 3.21. The number of H-pyrrole nitrogens is 1. The number of pyridine rings is 1. The molecular formula is C7HBr2F6NO. The Morgan fingerprint density at radius 1 is 0.882 bits per heavy atom. The minimum atomic E-state index is -5.10. The highest BCUT2D eigenvalue weighted by atomic mass is 79.9. The van der Waals surface area contributed by atoms with Crippen molar-refractivity contribution in [2.45, 2.75) is 12.4 Å². The number of hydrogen-bond donors (Lipinski definition) is 1. The van der Waals surface area contributed by atoms with Crippen LogP contribution in [0.25, 0.3) is 0 Å². The number of nitrogens with one attached hydrogen (secondary N) is 1. The van der Waals surface area contributed by atoms with Crippen molar-refractivity contribution in [2.24, 2.45) is 0 Å². The molecule has 0 atom stereocenters. The SMILES string of the molecule is O=c1[nH]c(C(F)(F)F)c(Br)c(C(F)(F)F)c1Br. The Labute approximate surface area is 106 Å². The number of aromatic amines is 1. The molecule has 17 heavy (non-hydrogen) atoms. The number of alkyl halides is 6. The van der Waals surface area contributed by atoms with Crippen LogP contribution in [0.4, 0.5) is 26.3 Å². The van der Waals surface area contributed by atoms with Gasteiger partial charge in [-0.15, -0.1) is 0 Å². The molecule has 0 bridgehead atoms. The molecule has 1 rings (SSSR count). The lowest BCUT2D eigenvalue weighted by molar-refractivity contribution is -0.147. The minimum Gasteiger partial charge on any atom is -0.316 e. The van der Waals surface area contributed by atoms with Gasteiger partial charge in [-0.2, -0.15) is 26.3 Å². The summed E-state index contributed by atoms with van der Waals surface area (Å²) in [6, 6.07) is 0. The van der Waals surface area contributed by atoms with E-state index in [0.717, 1.165) is 0 Å². The van der Waals surface area contributed by atoms with E-state index in [0.29, 0.717) is 0 Å². The van der Waals surface area contributed by atoms with Crippen LogP contribution in [-0.2, 0) is 12.4 Å². The molecule has 0 saturated heterocycles. The third-order valence-electron chi connectivity index (χ3n) is 1.66. The van der Waals surface area contributed by atoms with Gasteiger partial charge < -0.3 is 4.98 Å². The van der Waals surface area contributed by atoms with Crippen LogP contribution < -0.4 is 5.56 Å². The summed E-state index contributed by atoms with van der Waals surface area (Å²) in [6.45, 7) is 0. The molecule has 1 aromatic rings. The predicted octanol–water partition coefficient (Wildman–Crippen LogP) is 3.94. The van der Waals surface area contributed by atoms with Crippen LogP contribution in [0.15, 0.2) is 13.7 Å². The zero-order valence-corrected chi connectivity index (χ0v) is 10.6. The molecule has 0 unspecified atom stereocenters. The lowest BCUT2D eigenvalue weighted by atomic mass is 10.2. The van der Waals surface area contributed by atoms with E-state index in [1.807, 2.05) is 0 Å². The van der Waals surface area contributed by atoms with Crippen molar-refractivity contribution in [2.75, 3.05) is 0 Å². The van der Waals surface area contributed by atoms with Crippen LogP contribution in [0, 0.1) is 0 Å². The van der Waals surface area contributed by atoms with Crippen molar-refractivity contribution in [3.8, 4) is 0 Å². The average Bonchev–Trinajstić information content (AvgIpc) is 2.07. The van der Waals surface area contributed by atoms with E-state index in [1.54, 1.807) is 0 Å². The van der Waals surface area contributed by atoms with Crippen LogP contribution >= 0.6 is 31.9 Å². The van der Waals surface area contributed by atoms with Gasteiger partial charge in [0, 0.05) is 0 Å². The molecule has 1 N–H and O–H groups in total. The number of halogens is 8. The fraction of sp³-hybridized carbons (Fsp3) is 0.286. The standard InChI is InChI=1S/C7HBr2F6NO/c8-2-1(6(10,11)12)3(9)5(17)16-4(2)7(13,14)15/h(H,16,17). The van der Waals surface area contributed by atoms with Gasteiger partial charge in [0.2, 0.25) is 0 Å². The zero-order chi connectivity index (χ0) is 13.6. The molecule has 2 nitrogen and oxygen atoms in total. The van der Waals surface area contributed by atoms with Gasteiger partial charge in [-0.1, -0.05) is 0 Å². The highest BCUT2D eigenvalue weighted by molar-refractivity contribution is 9.11. The van der Waals surface area contributed by atoms with Crippen LogP contribution in [0.5, 0.6) is 0 Å². The van der Waals surface area contributed by atoms with Crippen molar-refractivity contribution < 1.29 is 26.3 Å². The first kappa shape index (κ1) is 14.6. The minimum absolute atomic E-state index is 1.01. The van der Waals surface area contributed by atoms with Gasteiger partial charge >= 0.3 is 12.4 Å². The van der Waals surface area contributed by atoms with E-state index >= 15 is 0 Å². The summed E-state index contributed by atoms with van der Waals surface area (Å²) >= 11 is 4.50. The van der Waals surface area contributed by atoms with Crippen molar-refractivity contribution >= 4 is 31.9 Å². The molecule has 10 heteroatoms. The van der Waals surface area contributed by atoms with Crippen LogP contribution in [0.1, 0.15) is 11.3 Å². The molecule has 0 spiro atoms. The number of aromatic nitrogens is 1. The molecule has 96 valence electrons. The largest absolute Gasteiger partial charge is 0.432 e. The second kappa shape index (κ2) is 4.30. The average molecular weight is 389 g/mol. The molecule has 0 fully saturated rings. The maximum absolute atomic E-state index is 12.5. The second-order valence-electron chi connectivity index (χ2n) is 2.83. The Bertz CT molecular complexity index is 503. The van der Waals surface area contributed by atoms with E-state index in [-0.39, 0.29) is 0 Å². The monoisotopic (exact) mass is 387 g/mol. The van der Waals surface area contributed by atoms with Gasteiger partial charge in [0.15, 0.2) is 0 Å². The van der Waals surface area contributed by atoms with Crippen molar-refractivity contribution in [3.63, 3.8) is 0 Å². The Balaban J connectivity index is 3.74. The maximum Gasteiger partial charge on any atom is 0.432 e. The van der Waals surface area contributed by atoms with E-state index in [4.69, 9.17) is 0 Å². The Morgan fingerprint density at radius 3 is 1.71 bits per heavy atom. The summed E-state index contributed by atoms with van der Waals surface area (Å²) in [5.41, 5.74) is -4.99. The maximum atomic E-state index is 12.5. The van der Waals surface area contributed by atoms with Crippen molar-refractivity contribution in [3.05, 3.63) is 30.6 Å². The summed E-state index contributed by atoms with van der Waals surface area (Å²) in [7, 11) is 0. The normalized spacial score (nSPS) is 12.9. The molecular weight excluding hydrogens is 388 g/mol. The molecule has 0 saturated carbocycles. The molecule has 0 aliphatic heterocycles. The Morgan fingerprint density at radius 2 is 1.35 bits per heavy atom. The lowest BCUT2D eigenvalue weighted by Crippen LogP contribution is -2.23. The summed E-state index contributed by atoms with van der Waals surface area (Å²) in [6.07, 6.45) is -10.2. The van der Waals surface area contributed by atoms with Crippen molar-refractivity contribution in [1.82, 2.24) is 4.98 Å². The number of hydrogen-bond acceptors (Lipinski definition) is 1. The quantitative estimate of drug-likeness (QED) is 0.671. The second-order valence-corrected chi connectivity index (χ2v) is 4.41. The first-order chi connectivity index (χ1) is 7.46. The summed E-state index contributed by atoms with van der Waals surface area (Å²) in [5, 5.41) is 0. The number of rotatable bonds is 0. The van der Waals surface area contributed by atoms with Gasteiger partial charge in [-0.25, -0.2) is 0 Å². The van der Waals surface area contributed by atoms with E-state index in [2.05, 4.69) is 31.9 Å². The first-order valence-corrected chi connectivity index (χ1v) is 5.30. The summed E-state index contributed by atoms with van der Waals surface area (Å²) < 4.78 is 72.2. The van der Waals surface area contributed by atoms with Crippen LogP contribution in [0.2, 0.25) is 0 Å². The highest BCUT2D eigenvalue weighted by Crippen LogP contribution is 2.43. The highest BCUT2D eigenvalue weighted by Gasteiger charge is 2.43. The zero-order valence-electron chi connectivity index (χ0n) is 7.43. The molecule has 1 aromatic heterocycles. The summed E-state index contributed by atoms with van der Waals surface area (Å²) in [5.74, 6) is 0. The smallest absolute Gasteiger partial charge is 0.316 e. The molecule has 0 aromatic carbocycles. The van der Waals surface area contributed by atoms with Gasteiger partial charge in [0.1, 0.15) is 5.69 Å². The predicted molar refractivity (Wildman–Crippen MR) is 52.5 cm³/mol. The first-order valence-electron chi connectivity index (χ1n) is 3.72. The van der Waals surface area contributed by atoms with Crippen LogP contribution in [-0.4, -0.2) is 4.98 Å². The Hall–Kier alpha value is -0.510. The van der Waals surface area contributed by atoms with Crippen molar-refractivity contribution in [1.29, 1.82) is 0 Å². The topological polar surface area (TPSA) is 32.9 Å². The van der Waals surface area contributed by atoms with Gasteiger partial charge in [-0.05, 0) is 31.9 Å². The van der Waals surface area contributed by atoms with Gasteiger partial charge in [0.25, 0.3) is 5.56 Å².